The zero-order valence-electron chi connectivity index (χ0n) is 12.1. The summed E-state index contributed by atoms with van der Waals surface area (Å²) in [6, 6.07) is 22.6. The van der Waals surface area contributed by atoms with Crippen molar-refractivity contribution in [1.29, 1.82) is 0 Å². The van der Waals surface area contributed by atoms with E-state index in [0.717, 1.165) is 16.3 Å². The van der Waals surface area contributed by atoms with Gasteiger partial charge in [-0.05, 0) is 28.5 Å². The van der Waals surface area contributed by atoms with Crippen LogP contribution in [0.4, 0.5) is 0 Å². The number of aliphatic hydroxyl groups is 1. The number of hydrogen-bond donors (Lipinski definition) is 2. The molecular formula is C19H17NO2. The van der Waals surface area contributed by atoms with Gasteiger partial charge in [-0.2, -0.15) is 0 Å². The molecule has 0 saturated heterocycles. The van der Waals surface area contributed by atoms with Gasteiger partial charge in [-0.3, -0.25) is 4.79 Å². The molecule has 0 aliphatic heterocycles. The van der Waals surface area contributed by atoms with Crippen molar-refractivity contribution in [3.63, 3.8) is 0 Å². The van der Waals surface area contributed by atoms with Crippen molar-refractivity contribution in [1.82, 2.24) is 5.32 Å². The Balaban J connectivity index is 1.83. The third kappa shape index (κ3) is 3.00. The summed E-state index contributed by atoms with van der Waals surface area (Å²) in [5.41, 5.74) is 1.48. The zero-order chi connectivity index (χ0) is 15.4. The number of rotatable bonds is 4. The summed E-state index contributed by atoms with van der Waals surface area (Å²) < 4.78 is 0. The van der Waals surface area contributed by atoms with Gasteiger partial charge in [0.05, 0.1) is 12.6 Å². The van der Waals surface area contributed by atoms with Crippen molar-refractivity contribution in [2.75, 3.05) is 6.61 Å². The molecule has 0 bridgehead atoms. The number of aliphatic hydroxyl groups excluding tert-OH is 1. The largest absolute Gasteiger partial charge is 0.394 e. The zero-order valence-corrected chi connectivity index (χ0v) is 12.1. The molecule has 0 radical (unpaired) electrons. The maximum Gasteiger partial charge on any atom is 0.251 e. The molecule has 1 unspecified atom stereocenters. The molecule has 0 aliphatic carbocycles. The fourth-order valence-corrected chi connectivity index (χ4v) is 2.49. The molecule has 0 fully saturated rings. The van der Waals surface area contributed by atoms with Crippen molar-refractivity contribution < 1.29 is 9.90 Å². The van der Waals surface area contributed by atoms with Gasteiger partial charge in [-0.15, -0.1) is 0 Å². The number of fused-ring (bicyclic) bond motifs is 1. The van der Waals surface area contributed by atoms with Crippen LogP contribution in [-0.2, 0) is 0 Å². The summed E-state index contributed by atoms with van der Waals surface area (Å²) in [7, 11) is 0. The molecule has 1 atom stereocenters. The van der Waals surface area contributed by atoms with Gasteiger partial charge in [0.25, 0.3) is 5.91 Å². The summed E-state index contributed by atoms with van der Waals surface area (Å²) in [5, 5.41) is 14.5. The Morgan fingerprint density at radius 2 is 1.59 bits per heavy atom. The van der Waals surface area contributed by atoms with Gasteiger partial charge in [0.1, 0.15) is 0 Å². The second-order valence-corrected chi connectivity index (χ2v) is 5.18. The number of carbonyl (C=O) groups excluding carboxylic acids is 1. The van der Waals surface area contributed by atoms with Crippen LogP contribution in [0.3, 0.4) is 0 Å². The number of hydrogen-bond acceptors (Lipinski definition) is 2. The molecule has 0 spiro atoms. The minimum Gasteiger partial charge on any atom is -0.394 e. The van der Waals surface area contributed by atoms with Crippen molar-refractivity contribution in [2.45, 2.75) is 6.04 Å². The molecule has 3 aromatic carbocycles. The number of benzene rings is 3. The molecule has 22 heavy (non-hydrogen) atoms. The first-order valence-corrected chi connectivity index (χ1v) is 7.23. The van der Waals surface area contributed by atoms with Crippen molar-refractivity contribution in [3.8, 4) is 0 Å². The maximum absolute atomic E-state index is 12.4. The first kappa shape index (κ1) is 14.3. The van der Waals surface area contributed by atoms with E-state index in [1.807, 2.05) is 66.7 Å². The van der Waals surface area contributed by atoms with Crippen molar-refractivity contribution in [3.05, 3.63) is 83.9 Å². The average molecular weight is 291 g/mol. The van der Waals surface area contributed by atoms with Crippen molar-refractivity contribution in [2.24, 2.45) is 0 Å². The highest BCUT2D eigenvalue weighted by molar-refractivity contribution is 5.98. The predicted molar refractivity (Wildman–Crippen MR) is 87.7 cm³/mol. The van der Waals surface area contributed by atoms with E-state index in [4.69, 9.17) is 0 Å². The van der Waals surface area contributed by atoms with E-state index in [9.17, 15) is 9.90 Å². The van der Waals surface area contributed by atoms with Crippen LogP contribution in [0.5, 0.6) is 0 Å². The third-order valence-electron chi connectivity index (χ3n) is 3.70. The Bertz CT molecular complexity index is 784. The molecule has 3 nitrogen and oxygen atoms in total. The number of amides is 1. The van der Waals surface area contributed by atoms with Gasteiger partial charge < -0.3 is 10.4 Å². The van der Waals surface area contributed by atoms with Crippen LogP contribution in [0.25, 0.3) is 10.8 Å². The Labute approximate surface area is 129 Å². The maximum atomic E-state index is 12.4. The van der Waals surface area contributed by atoms with Gasteiger partial charge >= 0.3 is 0 Å². The van der Waals surface area contributed by atoms with Crippen LogP contribution in [0, 0.1) is 0 Å². The molecule has 3 aromatic rings. The fourth-order valence-electron chi connectivity index (χ4n) is 2.49. The Hall–Kier alpha value is -2.65. The average Bonchev–Trinajstić information content (AvgIpc) is 2.59. The Morgan fingerprint density at radius 3 is 2.32 bits per heavy atom. The van der Waals surface area contributed by atoms with Gasteiger partial charge in [-0.1, -0.05) is 60.7 Å². The first-order valence-electron chi connectivity index (χ1n) is 7.23. The molecule has 110 valence electrons. The van der Waals surface area contributed by atoms with Gasteiger partial charge in [0.2, 0.25) is 0 Å². The highest BCUT2D eigenvalue weighted by Gasteiger charge is 2.14. The summed E-state index contributed by atoms with van der Waals surface area (Å²) >= 11 is 0. The minimum atomic E-state index is -0.403. The molecule has 3 heteroatoms. The molecule has 2 N–H and O–H groups in total. The topological polar surface area (TPSA) is 49.3 Å². The molecular weight excluding hydrogens is 274 g/mol. The summed E-state index contributed by atoms with van der Waals surface area (Å²) in [4.78, 5) is 12.4. The predicted octanol–water partition coefficient (Wildman–Crippen LogP) is 3.30. The van der Waals surface area contributed by atoms with E-state index in [-0.39, 0.29) is 12.5 Å². The summed E-state index contributed by atoms with van der Waals surface area (Å²) in [6.45, 7) is -0.136. The lowest BCUT2D eigenvalue weighted by molar-refractivity contribution is 0.0916. The lowest BCUT2D eigenvalue weighted by Gasteiger charge is -2.17. The van der Waals surface area contributed by atoms with Crippen LogP contribution in [0.15, 0.2) is 72.8 Å². The molecule has 0 heterocycles. The molecule has 3 rings (SSSR count). The second-order valence-electron chi connectivity index (χ2n) is 5.18. The van der Waals surface area contributed by atoms with Crippen LogP contribution in [0.2, 0.25) is 0 Å². The molecule has 0 aromatic heterocycles. The van der Waals surface area contributed by atoms with Gasteiger partial charge in [-0.25, -0.2) is 0 Å². The van der Waals surface area contributed by atoms with Crippen LogP contribution in [0.1, 0.15) is 22.0 Å². The fraction of sp³-hybridized carbons (Fsp3) is 0.105. The highest BCUT2D eigenvalue weighted by Crippen LogP contribution is 2.17. The van der Waals surface area contributed by atoms with Gasteiger partial charge in [0.15, 0.2) is 0 Å². The van der Waals surface area contributed by atoms with E-state index in [1.165, 1.54) is 0 Å². The lowest BCUT2D eigenvalue weighted by atomic mass is 10.0. The highest BCUT2D eigenvalue weighted by atomic mass is 16.3. The SMILES string of the molecule is O=C(NC(CO)c1ccccc1)c1ccc2ccccc2c1. The Kier molecular flexibility index (Phi) is 4.17. The van der Waals surface area contributed by atoms with E-state index in [2.05, 4.69) is 5.32 Å². The van der Waals surface area contributed by atoms with Crippen molar-refractivity contribution >= 4 is 16.7 Å². The smallest absolute Gasteiger partial charge is 0.251 e. The first-order chi connectivity index (χ1) is 10.8. The van der Waals surface area contributed by atoms with E-state index in [0.29, 0.717) is 5.56 Å². The van der Waals surface area contributed by atoms with Crippen LogP contribution < -0.4 is 5.32 Å². The Morgan fingerprint density at radius 1 is 0.909 bits per heavy atom. The second kappa shape index (κ2) is 6.41. The molecule has 1 amide bonds. The normalized spacial score (nSPS) is 12.0. The third-order valence-corrected chi connectivity index (χ3v) is 3.70. The number of nitrogens with one attached hydrogen (secondary N) is 1. The van der Waals surface area contributed by atoms with E-state index < -0.39 is 6.04 Å². The van der Waals surface area contributed by atoms with Crippen LogP contribution in [-0.4, -0.2) is 17.6 Å². The quantitative estimate of drug-likeness (QED) is 0.775. The summed E-state index contributed by atoms with van der Waals surface area (Å²) in [5.74, 6) is -0.186. The molecule has 0 aliphatic rings. The lowest BCUT2D eigenvalue weighted by Crippen LogP contribution is -2.30. The number of carbonyl (C=O) groups is 1. The standard InChI is InChI=1S/C19H17NO2/c21-13-18(15-7-2-1-3-8-15)20-19(22)17-11-10-14-6-4-5-9-16(14)12-17/h1-12,18,21H,13H2,(H,20,22). The summed E-state index contributed by atoms with van der Waals surface area (Å²) in [6.07, 6.45) is 0. The van der Waals surface area contributed by atoms with E-state index >= 15 is 0 Å². The van der Waals surface area contributed by atoms with Crippen LogP contribution >= 0.6 is 0 Å². The van der Waals surface area contributed by atoms with E-state index in [1.54, 1.807) is 6.07 Å². The van der Waals surface area contributed by atoms with Gasteiger partial charge in [0, 0.05) is 5.56 Å². The minimum absolute atomic E-state index is 0.136. The molecule has 0 saturated carbocycles. The monoisotopic (exact) mass is 291 g/mol.